The van der Waals surface area contributed by atoms with E-state index in [1.807, 2.05) is 18.2 Å². The summed E-state index contributed by atoms with van der Waals surface area (Å²) in [5.41, 5.74) is 1.88. The predicted octanol–water partition coefficient (Wildman–Crippen LogP) is -0.0355. The lowest BCUT2D eigenvalue weighted by molar-refractivity contribution is -0.135. The average Bonchev–Trinajstić information content (AvgIpc) is 2.98. The number of carbonyl (C=O) groups is 2. The largest absolute Gasteiger partial charge is 0.329 e. The Balaban J connectivity index is 1.62. The molecule has 8 heteroatoms. The van der Waals surface area contributed by atoms with E-state index in [1.165, 1.54) is 4.57 Å². The average molecular weight is 395 g/mol. The standard InChI is InChI=1S/C21H25N5O3/c1-24-19-15(5-2-3-12-25-13-10-22-11-14-25)6-4-7-16(19)26(21(24)29)17-8-9-18(27)23-20(17)28/h4,6-7,17,22H,3,8-14H2,1H3,(H,23,27,28). The Labute approximate surface area is 168 Å². The molecule has 2 aliphatic rings. The van der Waals surface area contributed by atoms with Gasteiger partial charge >= 0.3 is 5.69 Å². The molecule has 1 aromatic heterocycles. The second kappa shape index (κ2) is 8.23. The summed E-state index contributed by atoms with van der Waals surface area (Å²) in [7, 11) is 1.69. The van der Waals surface area contributed by atoms with Gasteiger partial charge in [0.05, 0.1) is 16.6 Å². The first kappa shape index (κ1) is 19.4. The van der Waals surface area contributed by atoms with E-state index >= 15 is 0 Å². The van der Waals surface area contributed by atoms with Gasteiger partial charge in [0.1, 0.15) is 6.04 Å². The Bertz CT molecular complexity index is 1070. The number of nitrogens with zero attached hydrogens (tertiary/aromatic N) is 3. The van der Waals surface area contributed by atoms with Crippen molar-refractivity contribution in [2.45, 2.75) is 25.3 Å². The monoisotopic (exact) mass is 395 g/mol. The maximum atomic E-state index is 12.9. The minimum atomic E-state index is -0.681. The SMILES string of the molecule is Cn1c(=O)n(C2CCC(=O)NC2=O)c2cccc(C#CCCN3CCNCC3)c21. The van der Waals surface area contributed by atoms with Gasteiger partial charge in [0.15, 0.2) is 0 Å². The predicted molar refractivity (Wildman–Crippen MR) is 109 cm³/mol. The van der Waals surface area contributed by atoms with Crippen LogP contribution >= 0.6 is 0 Å². The minimum Gasteiger partial charge on any atom is -0.314 e. The summed E-state index contributed by atoms with van der Waals surface area (Å²) in [4.78, 5) is 39.1. The number of aromatic nitrogens is 2. The Kier molecular flexibility index (Phi) is 5.51. The highest BCUT2D eigenvalue weighted by atomic mass is 16.2. The molecule has 0 radical (unpaired) electrons. The van der Waals surface area contributed by atoms with Gasteiger partial charge in [-0.2, -0.15) is 0 Å². The molecule has 4 rings (SSSR count). The van der Waals surface area contributed by atoms with Crippen LogP contribution in [0.5, 0.6) is 0 Å². The number of para-hydroxylation sites is 1. The normalized spacial score (nSPS) is 20.4. The van der Waals surface area contributed by atoms with Gasteiger partial charge in [0, 0.05) is 52.6 Å². The fourth-order valence-electron chi connectivity index (χ4n) is 4.08. The van der Waals surface area contributed by atoms with Crippen LogP contribution in [-0.4, -0.2) is 58.6 Å². The van der Waals surface area contributed by atoms with E-state index in [0.29, 0.717) is 11.9 Å². The fourth-order valence-corrected chi connectivity index (χ4v) is 4.08. The van der Waals surface area contributed by atoms with Crippen LogP contribution in [0, 0.1) is 11.8 Å². The van der Waals surface area contributed by atoms with Crippen molar-refractivity contribution in [3.8, 4) is 11.8 Å². The number of piperazine rings is 1. The number of benzene rings is 1. The maximum Gasteiger partial charge on any atom is 0.329 e. The summed E-state index contributed by atoms with van der Waals surface area (Å²) in [6, 6.07) is 4.89. The van der Waals surface area contributed by atoms with Crippen LogP contribution in [0.25, 0.3) is 11.0 Å². The molecule has 0 spiro atoms. The number of imide groups is 1. The minimum absolute atomic E-state index is 0.227. The summed E-state index contributed by atoms with van der Waals surface area (Å²) in [5.74, 6) is 5.72. The van der Waals surface area contributed by atoms with Crippen LogP contribution in [0.15, 0.2) is 23.0 Å². The highest BCUT2D eigenvalue weighted by Crippen LogP contribution is 2.24. The number of aryl methyl sites for hydroxylation is 1. The van der Waals surface area contributed by atoms with Crippen molar-refractivity contribution >= 4 is 22.8 Å². The van der Waals surface area contributed by atoms with E-state index in [1.54, 1.807) is 11.6 Å². The third-order valence-electron chi connectivity index (χ3n) is 5.61. The van der Waals surface area contributed by atoms with Crippen LogP contribution in [-0.2, 0) is 16.6 Å². The van der Waals surface area contributed by atoms with E-state index in [0.717, 1.165) is 50.2 Å². The van der Waals surface area contributed by atoms with Gasteiger partial charge in [-0.3, -0.25) is 28.9 Å². The molecule has 29 heavy (non-hydrogen) atoms. The zero-order valence-corrected chi connectivity index (χ0v) is 16.5. The number of imidazole rings is 1. The molecule has 2 saturated heterocycles. The van der Waals surface area contributed by atoms with Crippen LogP contribution in [0.3, 0.4) is 0 Å². The lowest BCUT2D eigenvalue weighted by Crippen LogP contribution is -2.44. The number of carbonyl (C=O) groups excluding carboxylic acids is 2. The van der Waals surface area contributed by atoms with E-state index in [4.69, 9.17) is 0 Å². The Morgan fingerprint density at radius 3 is 2.72 bits per heavy atom. The number of piperidine rings is 1. The van der Waals surface area contributed by atoms with Gasteiger partial charge in [-0.1, -0.05) is 17.9 Å². The first-order chi connectivity index (χ1) is 14.1. The number of hydrogen-bond donors (Lipinski definition) is 2. The van der Waals surface area contributed by atoms with Gasteiger partial charge in [0.25, 0.3) is 0 Å². The molecule has 3 heterocycles. The second-order valence-corrected chi connectivity index (χ2v) is 7.50. The Morgan fingerprint density at radius 1 is 1.17 bits per heavy atom. The Hall–Kier alpha value is -2.89. The lowest BCUT2D eigenvalue weighted by atomic mass is 10.1. The van der Waals surface area contributed by atoms with E-state index < -0.39 is 11.9 Å². The zero-order chi connectivity index (χ0) is 20.4. The van der Waals surface area contributed by atoms with Gasteiger partial charge in [0.2, 0.25) is 11.8 Å². The van der Waals surface area contributed by atoms with Crippen molar-refractivity contribution in [1.82, 2.24) is 24.7 Å². The van der Waals surface area contributed by atoms with E-state index in [2.05, 4.69) is 27.4 Å². The molecule has 1 unspecified atom stereocenters. The zero-order valence-electron chi connectivity index (χ0n) is 16.5. The van der Waals surface area contributed by atoms with Crippen LogP contribution in [0.2, 0.25) is 0 Å². The fraction of sp³-hybridized carbons (Fsp3) is 0.476. The third kappa shape index (κ3) is 3.84. The van der Waals surface area contributed by atoms with Gasteiger partial charge in [-0.15, -0.1) is 0 Å². The number of hydrogen-bond acceptors (Lipinski definition) is 5. The van der Waals surface area contributed by atoms with Crippen LogP contribution in [0.4, 0.5) is 0 Å². The molecular formula is C21H25N5O3. The lowest BCUT2D eigenvalue weighted by Gasteiger charge is -2.26. The number of nitrogens with one attached hydrogen (secondary N) is 2. The highest BCUT2D eigenvalue weighted by Gasteiger charge is 2.31. The molecule has 1 atom stereocenters. The number of amides is 2. The highest BCUT2D eigenvalue weighted by molar-refractivity contribution is 6.00. The van der Waals surface area contributed by atoms with E-state index in [-0.39, 0.29) is 18.0 Å². The van der Waals surface area contributed by atoms with Crippen molar-refractivity contribution in [3.63, 3.8) is 0 Å². The van der Waals surface area contributed by atoms with Crippen molar-refractivity contribution in [3.05, 3.63) is 34.2 Å². The molecule has 2 aliphatic heterocycles. The van der Waals surface area contributed by atoms with Crippen molar-refractivity contribution < 1.29 is 9.59 Å². The van der Waals surface area contributed by atoms with Crippen molar-refractivity contribution in [2.75, 3.05) is 32.7 Å². The van der Waals surface area contributed by atoms with Gasteiger partial charge in [-0.05, 0) is 18.6 Å². The molecule has 0 saturated carbocycles. The molecule has 0 bridgehead atoms. The number of fused-ring (bicyclic) bond motifs is 1. The quantitative estimate of drug-likeness (QED) is 0.563. The molecule has 2 amide bonds. The molecule has 2 fully saturated rings. The van der Waals surface area contributed by atoms with E-state index in [9.17, 15) is 14.4 Å². The van der Waals surface area contributed by atoms with Crippen molar-refractivity contribution in [2.24, 2.45) is 7.05 Å². The summed E-state index contributed by atoms with van der Waals surface area (Å²) in [6.45, 7) is 5.05. The summed E-state index contributed by atoms with van der Waals surface area (Å²) >= 11 is 0. The maximum absolute atomic E-state index is 12.9. The molecule has 2 aromatic rings. The first-order valence-corrected chi connectivity index (χ1v) is 10.0. The van der Waals surface area contributed by atoms with Gasteiger partial charge in [-0.25, -0.2) is 4.79 Å². The van der Waals surface area contributed by atoms with Crippen LogP contribution < -0.4 is 16.3 Å². The van der Waals surface area contributed by atoms with Crippen molar-refractivity contribution in [1.29, 1.82) is 0 Å². The Morgan fingerprint density at radius 2 is 1.97 bits per heavy atom. The van der Waals surface area contributed by atoms with Crippen LogP contribution in [0.1, 0.15) is 30.9 Å². The molecule has 1 aromatic carbocycles. The summed E-state index contributed by atoms with van der Waals surface area (Å²) in [5, 5.41) is 5.67. The first-order valence-electron chi connectivity index (χ1n) is 10.0. The second-order valence-electron chi connectivity index (χ2n) is 7.50. The number of rotatable bonds is 3. The summed E-state index contributed by atoms with van der Waals surface area (Å²) in [6.07, 6.45) is 1.31. The smallest absolute Gasteiger partial charge is 0.314 e. The molecule has 2 N–H and O–H groups in total. The van der Waals surface area contributed by atoms with Gasteiger partial charge < -0.3 is 5.32 Å². The molecule has 8 nitrogen and oxygen atoms in total. The topological polar surface area (TPSA) is 88.4 Å². The molecular weight excluding hydrogens is 370 g/mol. The third-order valence-corrected chi connectivity index (χ3v) is 5.61. The molecule has 0 aliphatic carbocycles. The molecule has 152 valence electrons. The summed E-state index contributed by atoms with van der Waals surface area (Å²) < 4.78 is 3.03.